The first-order valence-corrected chi connectivity index (χ1v) is 5.91. The van der Waals surface area contributed by atoms with Crippen LogP contribution in [0.25, 0.3) is 0 Å². The molecule has 0 aromatic heterocycles. The number of aliphatic hydroxyl groups excluding tert-OH is 1. The highest BCUT2D eigenvalue weighted by molar-refractivity contribution is 5.61. The minimum Gasteiger partial charge on any atom is -0.495 e. The lowest BCUT2D eigenvalue weighted by molar-refractivity contribution is 0.219. The van der Waals surface area contributed by atoms with E-state index < -0.39 is 6.10 Å². The first-order chi connectivity index (χ1) is 9.04. The number of benzene rings is 2. The van der Waals surface area contributed by atoms with Crippen LogP contribution in [-0.4, -0.2) is 12.2 Å². The summed E-state index contributed by atoms with van der Waals surface area (Å²) >= 11 is 0. The van der Waals surface area contributed by atoms with Crippen molar-refractivity contribution in [2.45, 2.75) is 13.0 Å². The van der Waals surface area contributed by atoms with Crippen molar-refractivity contribution in [3.63, 3.8) is 0 Å². The number of aryl methyl sites for hydroxylation is 1. The first-order valence-electron chi connectivity index (χ1n) is 5.91. The number of nitrogen functional groups attached to an aromatic ring is 1. The van der Waals surface area contributed by atoms with E-state index in [1.165, 1.54) is 19.2 Å². The second-order valence-corrected chi connectivity index (χ2v) is 4.37. The average Bonchev–Trinajstić information content (AvgIpc) is 2.41. The predicted octanol–water partition coefficient (Wildman–Crippen LogP) is 2.81. The Morgan fingerprint density at radius 2 is 1.95 bits per heavy atom. The number of hydrogen-bond acceptors (Lipinski definition) is 3. The number of methoxy groups -OCH3 is 1. The van der Waals surface area contributed by atoms with Gasteiger partial charge in [0.05, 0.1) is 12.8 Å². The minimum atomic E-state index is -0.981. The number of para-hydroxylation sites is 1. The Hall–Kier alpha value is -2.07. The van der Waals surface area contributed by atoms with Gasteiger partial charge >= 0.3 is 0 Å². The number of rotatable bonds is 3. The van der Waals surface area contributed by atoms with Gasteiger partial charge < -0.3 is 15.6 Å². The molecule has 2 aromatic carbocycles. The normalized spacial score (nSPS) is 12.2. The zero-order chi connectivity index (χ0) is 14.0. The largest absolute Gasteiger partial charge is 0.495 e. The van der Waals surface area contributed by atoms with E-state index in [4.69, 9.17) is 10.5 Å². The number of nitrogens with two attached hydrogens (primary N) is 1. The fourth-order valence-electron chi connectivity index (χ4n) is 2.05. The van der Waals surface area contributed by atoms with E-state index in [1.807, 2.05) is 6.92 Å². The molecule has 0 saturated carbocycles. The molecule has 0 aliphatic carbocycles. The van der Waals surface area contributed by atoms with Crippen LogP contribution in [0.3, 0.4) is 0 Å². The van der Waals surface area contributed by atoms with Crippen molar-refractivity contribution < 1.29 is 14.2 Å². The van der Waals surface area contributed by atoms with E-state index in [0.717, 1.165) is 5.56 Å². The Kier molecular flexibility index (Phi) is 3.71. The molecular formula is C15H16FNO2. The van der Waals surface area contributed by atoms with E-state index in [9.17, 15) is 9.50 Å². The van der Waals surface area contributed by atoms with E-state index >= 15 is 0 Å². The van der Waals surface area contributed by atoms with Gasteiger partial charge in [-0.15, -0.1) is 0 Å². The summed E-state index contributed by atoms with van der Waals surface area (Å²) in [6.45, 7) is 1.81. The zero-order valence-corrected chi connectivity index (χ0v) is 10.9. The number of anilines is 1. The highest BCUT2D eigenvalue weighted by atomic mass is 19.1. The molecular weight excluding hydrogens is 245 g/mol. The molecule has 3 nitrogen and oxygen atoms in total. The van der Waals surface area contributed by atoms with Crippen molar-refractivity contribution in [1.29, 1.82) is 0 Å². The quantitative estimate of drug-likeness (QED) is 0.835. The van der Waals surface area contributed by atoms with Gasteiger partial charge in [-0.3, -0.25) is 0 Å². The second kappa shape index (κ2) is 5.28. The fourth-order valence-corrected chi connectivity index (χ4v) is 2.05. The van der Waals surface area contributed by atoms with Crippen LogP contribution in [0, 0.1) is 12.7 Å². The Morgan fingerprint density at radius 3 is 2.63 bits per heavy atom. The lowest BCUT2D eigenvalue weighted by Crippen LogP contribution is -2.07. The topological polar surface area (TPSA) is 55.5 Å². The summed E-state index contributed by atoms with van der Waals surface area (Å²) in [5, 5.41) is 10.4. The molecule has 1 atom stereocenters. The van der Waals surface area contributed by atoms with Gasteiger partial charge in [0, 0.05) is 5.56 Å². The maximum Gasteiger partial charge on any atom is 0.142 e. The van der Waals surface area contributed by atoms with Crippen LogP contribution in [0.4, 0.5) is 10.1 Å². The molecule has 0 amide bonds. The first kappa shape index (κ1) is 13.4. The number of hydrogen-bond donors (Lipinski definition) is 2. The van der Waals surface area contributed by atoms with Crippen molar-refractivity contribution in [3.8, 4) is 5.75 Å². The van der Waals surface area contributed by atoms with Crippen molar-refractivity contribution in [2.75, 3.05) is 12.8 Å². The number of aliphatic hydroxyl groups is 1. The lowest BCUT2D eigenvalue weighted by Gasteiger charge is -2.17. The third-order valence-corrected chi connectivity index (χ3v) is 3.15. The molecule has 0 radical (unpaired) electrons. The number of halogens is 1. The Labute approximate surface area is 111 Å². The summed E-state index contributed by atoms with van der Waals surface area (Å²) in [6, 6.07) is 9.46. The van der Waals surface area contributed by atoms with Gasteiger partial charge in [-0.05, 0) is 36.2 Å². The molecule has 0 aliphatic heterocycles. The van der Waals surface area contributed by atoms with Crippen LogP contribution in [0.1, 0.15) is 22.8 Å². The summed E-state index contributed by atoms with van der Waals surface area (Å²) in [6.07, 6.45) is -0.981. The molecule has 100 valence electrons. The third kappa shape index (κ3) is 2.53. The van der Waals surface area contributed by atoms with Crippen LogP contribution in [0.15, 0.2) is 36.4 Å². The molecule has 0 fully saturated rings. The van der Waals surface area contributed by atoms with Gasteiger partial charge in [0.1, 0.15) is 17.7 Å². The van der Waals surface area contributed by atoms with Crippen molar-refractivity contribution in [3.05, 3.63) is 58.9 Å². The summed E-state index contributed by atoms with van der Waals surface area (Å²) in [5.74, 6) is 0.103. The Morgan fingerprint density at radius 1 is 1.21 bits per heavy atom. The van der Waals surface area contributed by atoms with E-state index in [-0.39, 0.29) is 5.82 Å². The van der Waals surface area contributed by atoms with Crippen LogP contribution < -0.4 is 10.5 Å². The van der Waals surface area contributed by atoms with Crippen LogP contribution in [0.5, 0.6) is 5.75 Å². The van der Waals surface area contributed by atoms with Gasteiger partial charge in [0.2, 0.25) is 0 Å². The van der Waals surface area contributed by atoms with Crippen LogP contribution in [-0.2, 0) is 0 Å². The van der Waals surface area contributed by atoms with Crippen LogP contribution in [0.2, 0.25) is 0 Å². The fraction of sp³-hybridized carbons (Fsp3) is 0.200. The maximum absolute atomic E-state index is 13.3. The van der Waals surface area contributed by atoms with Gasteiger partial charge in [-0.25, -0.2) is 4.39 Å². The second-order valence-electron chi connectivity index (χ2n) is 4.37. The molecule has 1 unspecified atom stereocenters. The monoisotopic (exact) mass is 261 g/mol. The molecule has 2 aromatic rings. The SMILES string of the molecule is COc1cccc(C(O)c2cc(F)ccc2C)c1N. The summed E-state index contributed by atoms with van der Waals surface area (Å²) in [5.41, 5.74) is 8.11. The van der Waals surface area contributed by atoms with Gasteiger partial charge in [-0.1, -0.05) is 18.2 Å². The standard InChI is InChI=1S/C15H16FNO2/c1-9-6-7-10(16)8-12(9)15(18)11-4-3-5-13(19-2)14(11)17/h3-8,15,18H,17H2,1-2H3. The maximum atomic E-state index is 13.3. The zero-order valence-electron chi connectivity index (χ0n) is 10.9. The van der Waals surface area contributed by atoms with Gasteiger partial charge in [0.25, 0.3) is 0 Å². The predicted molar refractivity (Wildman–Crippen MR) is 72.6 cm³/mol. The van der Waals surface area contributed by atoms with Gasteiger partial charge in [-0.2, -0.15) is 0 Å². The third-order valence-electron chi connectivity index (χ3n) is 3.15. The van der Waals surface area contributed by atoms with Crippen molar-refractivity contribution in [2.24, 2.45) is 0 Å². The summed E-state index contributed by atoms with van der Waals surface area (Å²) < 4.78 is 18.4. The highest BCUT2D eigenvalue weighted by Crippen LogP contribution is 2.34. The van der Waals surface area contributed by atoms with E-state index in [1.54, 1.807) is 24.3 Å². The Balaban J connectivity index is 2.50. The van der Waals surface area contributed by atoms with E-state index in [2.05, 4.69) is 0 Å². The highest BCUT2D eigenvalue weighted by Gasteiger charge is 2.18. The molecule has 2 rings (SSSR count). The molecule has 19 heavy (non-hydrogen) atoms. The molecule has 0 aliphatic rings. The Bertz CT molecular complexity index is 599. The van der Waals surface area contributed by atoms with E-state index in [0.29, 0.717) is 22.6 Å². The molecule has 0 bridgehead atoms. The van der Waals surface area contributed by atoms with Crippen molar-refractivity contribution in [1.82, 2.24) is 0 Å². The number of ether oxygens (including phenoxy) is 1. The molecule has 4 heteroatoms. The molecule has 3 N–H and O–H groups in total. The van der Waals surface area contributed by atoms with Gasteiger partial charge in [0.15, 0.2) is 0 Å². The summed E-state index contributed by atoms with van der Waals surface area (Å²) in [7, 11) is 1.51. The van der Waals surface area contributed by atoms with Crippen LogP contribution >= 0.6 is 0 Å². The molecule has 0 saturated heterocycles. The smallest absolute Gasteiger partial charge is 0.142 e. The minimum absolute atomic E-state index is 0.362. The molecule has 0 heterocycles. The average molecular weight is 261 g/mol. The van der Waals surface area contributed by atoms with Crippen molar-refractivity contribution >= 4 is 5.69 Å². The summed E-state index contributed by atoms with van der Waals surface area (Å²) in [4.78, 5) is 0. The lowest BCUT2D eigenvalue weighted by atomic mass is 9.96. The molecule has 0 spiro atoms.